The fraction of sp³-hybridized carbons (Fsp3) is 0.267. The minimum Gasteiger partial charge on any atom is -0.370 e. The Morgan fingerprint density at radius 1 is 1.36 bits per heavy atom. The van der Waals surface area contributed by atoms with Crippen molar-refractivity contribution < 1.29 is 9.53 Å². The van der Waals surface area contributed by atoms with E-state index in [0.29, 0.717) is 24.7 Å². The largest absolute Gasteiger partial charge is 0.370 e. The molecule has 1 amide bonds. The van der Waals surface area contributed by atoms with Crippen LogP contribution >= 0.6 is 11.6 Å². The van der Waals surface area contributed by atoms with E-state index in [1.807, 2.05) is 18.2 Å². The van der Waals surface area contributed by atoms with Crippen molar-refractivity contribution in [1.82, 2.24) is 15.1 Å². The van der Waals surface area contributed by atoms with Gasteiger partial charge < -0.3 is 9.64 Å². The second kappa shape index (κ2) is 6.29. The van der Waals surface area contributed by atoms with E-state index >= 15 is 0 Å². The van der Waals surface area contributed by atoms with Crippen molar-refractivity contribution in [2.24, 2.45) is 0 Å². The number of benzene rings is 1. The molecule has 6 nitrogen and oxygen atoms in total. The fourth-order valence-electron chi connectivity index (χ4n) is 2.37. The highest BCUT2D eigenvalue weighted by Crippen LogP contribution is 2.25. The van der Waals surface area contributed by atoms with E-state index in [2.05, 4.69) is 10.2 Å². The number of amides is 1. The lowest BCUT2D eigenvalue weighted by molar-refractivity contribution is -0.0230. The highest BCUT2D eigenvalue weighted by atomic mass is 35.5. The van der Waals surface area contributed by atoms with Crippen LogP contribution in [0.1, 0.15) is 22.2 Å². The van der Waals surface area contributed by atoms with Gasteiger partial charge in [0.2, 0.25) is 0 Å². The summed E-state index contributed by atoms with van der Waals surface area (Å²) < 4.78 is 5.72. The number of nitrogens with one attached hydrogen (secondary N) is 1. The first-order chi connectivity index (χ1) is 10.6. The molecule has 1 fully saturated rings. The van der Waals surface area contributed by atoms with Crippen LogP contribution in [-0.4, -0.2) is 40.7 Å². The van der Waals surface area contributed by atoms with Crippen LogP contribution in [0.2, 0.25) is 5.02 Å². The SMILES string of the molecule is O=C(c1ccc(=O)[nH]n1)N1CCOC(c2cccc(Cl)c2)C1. The topological polar surface area (TPSA) is 75.3 Å². The standard InChI is InChI=1S/C15H14ClN3O3/c16-11-3-1-2-10(8-11)13-9-19(6-7-22-13)15(21)12-4-5-14(20)18-17-12/h1-5,8,13H,6-7,9H2,(H,18,20). The number of aromatic nitrogens is 2. The van der Waals surface area contributed by atoms with E-state index < -0.39 is 0 Å². The van der Waals surface area contributed by atoms with Gasteiger partial charge >= 0.3 is 0 Å². The van der Waals surface area contributed by atoms with Gasteiger partial charge in [-0.3, -0.25) is 9.59 Å². The highest BCUT2D eigenvalue weighted by Gasteiger charge is 2.27. The van der Waals surface area contributed by atoms with Gasteiger partial charge in [0.05, 0.1) is 13.2 Å². The molecule has 1 saturated heterocycles. The number of H-pyrrole nitrogens is 1. The third-order valence-electron chi connectivity index (χ3n) is 3.47. The smallest absolute Gasteiger partial charge is 0.274 e. The van der Waals surface area contributed by atoms with Crippen molar-refractivity contribution in [3.05, 3.63) is 63.0 Å². The number of ether oxygens (including phenoxy) is 1. The average Bonchev–Trinajstić information content (AvgIpc) is 2.55. The van der Waals surface area contributed by atoms with Crippen molar-refractivity contribution in [3.8, 4) is 0 Å². The summed E-state index contributed by atoms with van der Waals surface area (Å²) in [6.07, 6.45) is -0.223. The van der Waals surface area contributed by atoms with Crippen LogP contribution in [0.15, 0.2) is 41.2 Å². The number of carbonyl (C=O) groups excluding carboxylic acids is 1. The molecule has 7 heteroatoms. The Morgan fingerprint density at radius 3 is 2.95 bits per heavy atom. The van der Waals surface area contributed by atoms with Crippen molar-refractivity contribution in [2.75, 3.05) is 19.7 Å². The summed E-state index contributed by atoms with van der Waals surface area (Å²) in [4.78, 5) is 25.1. The van der Waals surface area contributed by atoms with Crippen LogP contribution in [-0.2, 0) is 4.74 Å². The van der Waals surface area contributed by atoms with Gasteiger partial charge in [0.15, 0.2) is 0 Å². The maximum absolute atomic E-state index is 12.4. The van der Waals surface area contributed by atoms with E-state index in [9.17, 15) is 9.59 Å². The van der Waals surface area contributed by atoms with Gasteiger partial charge in [-0.15, -0.1) is 0 Å². The Kier molecular flexibility index (Phi) is 4.22. The quantitative estimate of drug-likeness (QED) is 0.913. The second-order valence-corrected chi connectivity index (χ2v) is 5.41. The van der Waals surface area contributed by atoms with Crippen molar-refractivity contribution >= 4 is 17.5 Å². The minimum atomic E-state index is -0.338. The zero-order valence-electron chi connectivity index (χ0n) is 11.7. The Morgan fingerprint density at radius 2 is 2.23 bits per heavy atom. The molecule has 22 heavy (non-hydrogen) atoms. The molecule has 0 radical (unpaired) electrons. The van der Waals surface area contributed by atoms with Gasteiger partial charge in [-0.05, 0) is 23.8 Å². The normalized spacial score (nSPS) is 18.2. The molecule has 1 aromatic carbocycles. The Balaban J connectivity index is 1.76. The van der Waals surface area contributed by atoms with E-state index in [4.69, 9.17) is 16.3 Å². The summed E-state index contributed by atoms with van der Waals surface area (Å²) in [5, 5.41) is 6.67. The molecule has 1 atom stereocenters. The van der Waals surface area contributed by atoms with Gasteiger partial charge in [0.25, 0.3) is 11.5 Å². The van der Waals surface area contributed by atoms with E-state index in [-0.39, 0.29) is 23.3 Å². The lowest BCUT2D eigenvalue weighted by Gasteiger charge is -2.33. The van der Waals surface area contributed by atoms with Crippen molar-refractivity contribution in [3.63, 3.8) is 0 Å². The van der Waals surface area contributed by atoms with Crippen LogP contribution in [0.3, 0.4) is 0 Å². The van der Waals surface area contributed by atoms with Crippen LogP contribution in [0.4, 0.5) is 0 Å². The van der Waals surface area contributed by atoms with Gasteiger partial charge in [0.1, 0.15) is 11.8 Å². The highest BCUT2D eigenvalue weighted by molar-refractivity contribution is 6.30. The molecule has 2 aromatic rings. The number of rotatable bonds is 2. The first kappa shape index (κ1) is 14.7. The van der Waals surface area contributed by atoms with Crippen LogP contribution in [0.5, 0.6) is 0 Å². The molecule has 0 bridgehead atoms. The van der Waals surface area contributed by atoms with E-state index in [1.54, 1.807) is 11.0 Å². The van der Waals surface area contributed by atoms with Crippen molar-refractivity contribution in [2.45, 2.75) is 6.10 Å². The maximum Gasteiger partial charge on any atom is 0.274 e. The molecule has 1 N–H and O–H groups in total. The summed E-state index contributed by atoms with van der Waals surface area (Å²) in [6, 6.07) is 10.1. The number of hydrogen-bond acceptors (Lipinski definition) is 4. The average molecular weight is 320 g/mol. The molecule has 2 heterocycles. The Labute approximate surface area is 131 Å². The number of morpholine rings is 1. The molecule has 1 aliphatic rings. The zero-order valence-corrected chi connectivity index (χ0v) is 12.4. The lowest BCUT2D eigenvalue weighted by Crippen LogP contribution is -2.42. The summed E-state index contributed by atoms with van der Waals surface area (Å²) in [5.41, 5.74) is 0.807. The molecule has 0 spiro atoms. The predicted molar refractivity (Wildman–Crippen MR) is 80.9 cm³/mol. The molecule has 1 aromatic heterocycles. The summed E-state index contributed by atoms with van der Waals surface area (Å²) >= 11 is 5.99. The molecular weight excluding hydrogens is 306 g/mol. The Bertz CT molecular complexity index is 726. The van der Waals surface area contributed by atoms with E-state index in [0.717, 1.165) is 5.56 Å². The third kappa shape index (κ3) is 3.18. The third-order valence-corrected chi connectivity index (χ3v) is 3.71. The van der Waals surface area contributed by atoms with E-state index in [1.165, 1.54) is 12.1 Å². The number of halogens is 1. The molecule has 3 rings (SSSR count). The Hall–Kier alpha value is -2.18. The monoisotopic (exact) mass is 319 g/mol. The van der Waals surface area contributed by atoms with Crippen LogP contribution in [0.25, 0.3) is 0 Å². The minimum absolute atomic E-state index is 0.214. The van der Waals surface area contributed by atoms with Gasteiger partial charge in [0, 0.05) is 17.6 Å². The summed E-state index contributed by atoms with van der Waals surface area (Å²) in [7, 11) is 0. The van der Waals surface area contributed by atoms with Gasteiger partial charge in [-0.2, -0.15) is 5.10 Å². The van der Waals surface area contributed by atoms with Crippen LogP contribution in [0, 0.1) is 0 Å². The molecular formula is C15H14ClN3O3. The lowest BCUT2D eigenvalue weighted by atomic mass is 10.1. The molecule has 1 aliphatic heterocycles. The zero-order chi connectivity index (χ0) is 15.5. The second-order valence-electron chi connectivity index (χ2n) is 4.97. The summed E-state index contributed by atoms with van der Waals surface area (Å²) in [5.74, 6) is -0.230. The first-order valence-corrected chi connectivity index (χ1v) is 7.23. The van der Waals surface area contributed by atoms with Crippen LogP contribution < -0.4 is 5.56 Å². The molecule has 0 saturated carbocycles. The number of aromatic amines is 1. The molecule has 0 aliphatic carbocycles. The van der Waals surface area contributed by atoms with Gasteiger partial charge in [-0.1, -0.05) is 23.7 Å². The number of hydrogen-bond donors (Lipinski definition) is 1. The van der Waals surface area contributed by atoms with Crippen molar-refractivity contribution in [1.29, 1.82) is 0 Å². The fourth-order valence-corrected chi connectivity index (χ4v) is 2.57. The number of nitrogens with zero attached hydrogens (tertiary/aromatic N) is 2. The van der Waals surface area contributed by atoms with Gasteiger partial charge in [-0.25, -0.2) is 5.10 Å². The first-order valence-electron chi connectivity index (χ1n) is 6.85. The number of carbonyl (C=O) groups is 1. The molecule has 1 unspecified atom stereocenters. The summed E-state index contributed by atoms with van der Waals surface area (Å²) in [6.45, 7) is 1.34. The maximum atomic E-state index is 12.4. The predicted octanol–water partition coefficient (Wildman–Crippen LogP) is 1.64. The molecule has 114 valence electrons.